The van der Waals surface area contributed by atoms with E-state index in [1.54, 1.807) is 13.2 Å². The van der Waals surface area contributed by atoms with E-state index in [0.717, 1.165) is 35.5 Å². The molecule has 0 fully saturated rings. The topological polar surface area (TPSA) is 44.8 Å². The minimum Gasteiger partial charge on any atom is -0.454 e. The van der Waals surface area contributed by atoms with Gasteiger partial charge in [-0.05, 0) is 36.1 Å². The van der Waals surface area contributed by atoms with Crippen molar-refractivity contribution in [3.8, 4) is 11.5 Å². The molecular weight excluding hydrogens is 244 g/mol. The SMILES string of the molecule is CCC(=O)O/C=C(\CC)Cc1ccc2c(c1)OCO2. The molecule has 0 N–H and O–H groups in total. The van der Waals surface area contributed by atoms with E-state index < -0.39 is 0 Å². The summed E-state index contributed by atoms with van der Waals surface area (Å²) in [6, 6.07) is 5.87. The average Bonchev–Trinajstić information content (AvgIpc) is 2.90. The van der Waals surface area contributed by atoms with Gasteiger partial charge in [0.25, 0.3) is 0 Å². The number of rotatable bonds is 5. The van der Waals surface area contributed by atoms with Crippen LogP contribution < -0.4 is 9.47 Å². The van der Waals surface area contributed by atoms with E-state index in [-0.39, 0.29) is 12.8 Å². The zero-order valence-electron chi connectivity index (χ0n) is 11.3. The molecule has 0 radical (unpaired) electrons. The molecule has 1 aliphatic heterocycles. The van der Waals surface area contributed by atoms with E-state index in [4.69, 9.17) is 14.2 Å². The number of benzene rings is 1. The van der Waals surface area contributed by atoms with Crippen molar-refractivity contribution in [1.82, 2.24) is 0 Å². The maximum atomic E-state index is 11.1. The largest absolute Gasteiger partial charge is 0.454 e. The fourth-order valence-electron chi connectivity index (χ4n) is 1.80. The summed E-state index contributed by atoms with van der Waals surface area (Å²) in [5.41, 5.74) is 2.19. The Balaban J connectivity index is 2.04. The zero-order valence-corrected chi connectivity index (χ0v) is 11.3. The Labute approximate surface area is 113 Å². The first-order chi connectivity index (χ1) is 9.22. The number of fused-ring (bicyclic) bond motifs is 1. The van der Waals surface area contributed by atoms with Crippen LogP contribution in [-0.2, 0) is 16.0 Å². The van der Waals surface area contributed by atoms with E-state index in [1.807, 2.05) is 25.1 Å². The highest BCUT2D eigenvalue weighted by Crippen LogP contribution is 2.33. The standard InChI is InChI=1S/C15H18O4/c1-3-11(9-17-15(16)4-2)7-12-5-6-13-14(8-12)19-10-18-13/h5-6,8-9H,3-4,7,10H2,1-2H3/b11-9+. The second-order valence-electron chi connectivity index (χ2n) is 4.34. The molecule has 1 heterocycles. The molecule has 0 bridgehead atoms. The molecule has 4 nitrogen and oxygen atoms in total. The Morgan fingerprint density at radius 1 is 1.26 bits per heavy atom. The lowest BCUT2D eigenvalue weighted by Gasteiger charge is -2.06. The summed E-state index contributed by atoms with van der Waals surface area (Å²) in [7, 11) is 0. The number of esters is 1. The van der Waals surface area contributed by atoms with Crippen LogP contribution in [0.25, 0.3) is 0 Å². The Kier molecular flexibility index (Phi) is 4.44. The van der Waals surface area contributed by atoms with Gasteiger partial charge in [-0.2, -0.15) is 0 Å². The Morgan fingerprint density at radius 3 is 2.79 bits per heavy atom. The summed E-state index contributed by atoms with van der Waals surface area (Å²) in [6.45, 7) is 4.10. The summed E-state index contributed by atoms with van der Waals surface area (Å²) in [6.07, 6.45) is 3.53. The number of hydrogen-bond acceptors (Lipinski definition) is 4. The summed E-state index contributed by atoms with van der Waals surface area (Å²) >= 11 is 0. The lowest BCUT2D eigenvalue weighted by atomic mass is 10.0. The zero-order chi connectivity index (χ0) is 13.7. The highest BCUT2D eigenvalue weighted by Gasteiger charge is 2.13. The lowest BCUT2D eigenvalue weighted by molar-refractivity contribution is -0.137. The van der Waals surface area contributed by atoms with Gasteiger partial charge in [-0.25, -0.2) is 0 Å². The smallest absolute Gasteiger partial charge is 0.310 e. The molecule has 0 amide bonds. The highest BCUT2D eigenvalue weighted by atomic mass is 16.7. The van der Waals surface area contributed by atoms with Crippen molar-refractivity contribution in [1.29, 1.82) is 0 Å². The van der Waals surface area contributed by atoms with Gasteiger partial charge in [0.15, 0.2) is 11.5 Å². The van der Waals surface area contributed by atoms with Crippen LogP contribution in [0.15, 0.2) is 30.0 Å². The number of carbonyl (C=O) groups is 1. The van der Waals surface area contributed by atoms with E-state index >= 15 is 0 Å². The minimum atomic E-state index is -0.211. The van der Waals surface area contributed by atoms with Crippen LogP contribution in [0.2, 0.25) is 0 Å². The van der Waals surface area contributed by atoms with Crippen molar-refractivity contribution in [3.05, 3.63) is 35.6 Å². The maximum Gasteiger partial charge on any atom is 0.310 e. The van der Waals surface area contributed by atoms with E-state index in [0.29, 0.717) is 6.42 Å². The van der Waals surface area contributed by atoms with Crippen LogP contribution in [0.3, 0.4) is 0 Å². The molecule has 0 saturated heterocycles. The summed E-state index contributed by atoms with van der Waals surface area (Å²) in [4.78, 5) is 11.1. The predicted octanol–water partition coefficient (Wildman–Crippen LogP) is 3.20. The van der Waals surface area contributed by atoms with Crippen molar-refractivity contribution in [2.45, 2.75) is 33.1 Å². The molecule has 0 unspecified atom stereocenters. The van der Waals surface area contributed by atoms with Gasteiger partial charge in [-0.3, -0.25) is 4.79 Å². The predicted molar refractivity (Wildman–Crippen MR) is 71.0 cm³/mol. The Bertz CT molecular complexity index is 491. The Hall–Kier alpha value is -1.97. The number of hydrogen-bond donors (Lipinski definition) is 0. The first kappa shape index (κ1) is 13.5. The van der Waals surface area contributed by atoms with Gasteiger partial charge in [-0.15, -0.1) is 0 Å². The van der Waals surface area contributed by atoms with Crippen LogP contribution in [0.5, 0.6) is 11.5 Å². The first-order valence-electron chi connectivity index (χ1n) is 6.48. The second-order valence-corrected chi connectivity index (χ2v) is 4.34. The quantitative estimate of drug-likeness (QED) is 0.603. The molecule has 4 heteroatoms. The van der Waals surface area contributed by atoms with Gasteiger partial charge in [-0.1, -0.05) is 19.9 Å². The normalized spacial score (nSPS) is 13.5. The summed E-state index contributed by atoms with van der Waals surface area (Å²) < 4.78 is 15.7. The second kappa shape index (κ2) is 6.27. The number of allylic oxidation sites excluding steroid dienone is 1. The number of carbonyl (C=O) groups excluding carboxylic acids is 1. The van der Waals surface area contributed by atoms with E-state index in [2.05, 4.69) is 0 Å². The van der Waals surface area contributed by atoms with Crippen molar-refractivity contribution >= 4 is 5.97 Å². The third kappa shape index (κ3) is 3.50. The first-order valence-corrected chi connectivity index (χ1v) is 6.48. The molecule has 0 saturated carbocycles. The summed E-state index contributed by atoms with van der Waals surface area (Å²) in [5.74, 6) is 1.35. The molecule has 0 atom stereocenters. The van der Waals surface area contributed by atoms with Crippen LogP contribution in [0.4, 0.5) is 0 Å². The van der Waals surface area contributed by atoms with Gasteiger partial charge in [0.2, 0.25) is 6.79 Å². The fourth-order valence-corrected chi connectivity index (χ4v) is 1.80. The van der Waals surface area contributed by atoms with Crippen LogP contribution >= 0.6 is 0 Å². The molecule has 19 heavy (non-hydrogen) atoms. The van der Waals surface area contributed by atoms with Crippen LogP contribution in [-0.4, -0.2) is 12.8 Å². The Morgan fingerprint density at radius 2 is 2.05 bits per heavy atom. The monoisotopic (exact) mass is 262 g/mol. The van der Waals surface area contributed by atoms with Gasteiger partial charge >= 0.3 is 5.97 Å². The molecule has 1 aromatic carbocycles. The molecule has 0 spiro atoms. The van der Waals surface area contributed by atoms with Crippen molar-refractivity contribution in [3.63, 3.8) is 0 Å². The molecule has 2 rings (SSSR count). The van der Waals surface area contributed by atoms with Crippen LogP contribution in [0.1, 0.15) is 32.3 Å². The highest BCUT2D eigenvalue weighted by molar-refractivity contribution is 5.69. The third-order valence-electron chi connectivity index (χ3n) is 2.97. The molecule has 0 aromatic heterocycles. The molecule has 0 aliphatic carbocycles. The third-order valence-corrected chi connectivity index (χ3v) is 2.97. The van der Waals surface area contributed by atoms with Gasteiger partial charge in [0.05, 0.1) is 6.26 Å². The average molecular weight is 262 g/mol. The van der Waals surface area contributed by atoms with E-state index in [1.165, 1.54) is 0 Å². The molecule has 102 valence electrons. The lowest BCUT2D eigenvalue weighted by Crippen LogP contribution is -1.98. The molecule has 1 aliphatic rings. The number of ether oxygens (including phenoxy) is 3. The van der Waals surface area contributed by atoms with Gasteiger partial charge in [0.1, 0.15) is 0 Å². The van der Waals surface area contributed by atoms with Crippen molar-refractivity contribution in [2.24, 2.45) is 0 Å². The van der Waals surface area contributed by atoms with Crippen LogP contribution in [0, 0.1) is 0 Å². The summed E-state index contributed by atoms with van der Waals surface area (Å²) in [5, 5.41) is 0. The van der Waals surface area contributed by atoms with Gasteiger partial charge in [0, 0.05) is 6.42 Å². The van der Waals surface area contributed by atoms with Crippen molar-refractivity contribution < 1.29 is 19.0 Å². The fraction of sp³-hybridized carbons (Fsp3) is 0.400. The van der Waals surface area contributed by atoms with Gasteiger partial charge < -0.3 is 14.2 Å². The minimum absolute atomic E-state index is 0.211. The molecule has 1 aromatic rings. The maximum absolute atomic E-state index is 11.1. The van der Waals surface area contributed by atoms with E-state index in [9.17, 15) is 4.79 Å². The molecular formula is C15H18O4. The van der Waals surface area contributed by atoms with Crippen molar-refractivity contribution in [2.75, 3.05) is 6.79 Å².